The zero-order valence-electron chi connectivity index (χ0n) is 20.0. The summed E-state index contributed by atoms with van der Waals surface area (Å²) in [5.41, 5.74) is 1.81. The maximum Gasteiger partial charge on any atom is 0.308 e. The number of amides is 3. The van der Waals surface area contributed by atoms with Gasteiger partial charge >= 0.3 is 4.87 Å². The van der Waals surface area contributed by atoms with Gasteiger partial charge < -0.3 is 5.32 Å². The van der Waals surface area contributed by atoms with Crippen molar-refractivity contribution in [2.24, 2.45) is 5.92 Å². The second-order valence-corrected chi connectivity index (χ2v) is 12.1. The van der Waals surface area contributed by atoms with Crippen LogP contribution in [0.2, 0.25) is 10.0 Å². The van der Waals surface area contributed by atoms with Gasteiger partial charge in [-0.2, -0.15) is 0 Å². The predicted molar refractivity (Wildman–Crippen MR) is 154 cm³/mol. The van der Waals surface area contributed by atoms with E-state index in [0.717, 1.165) is 16.9 Å². The van der Waals surface area contributed by atoms with E-state index < -0.39 is 17.1 Å². The van der Waals surface area contributed by atoms with Gasteiger partial charge in [0.2, 0.25) is 17.7 Å². The standard InChI is InChI=1S/C28H19Cl2N3O4S2/c29-16-8-6-15(7-9-16)21-22-23(26(36)33(25(22)35)19-12-10-17(30)11-13-19)38-27-24(21)39-28(37)32(27)14-20(34)31-18-4-2-1-3-5-18/h1-13,21-23H,14H2,(H,31,34)/t21-,22+,23-/m0/s1. The molecule has 7 nitrogen and oxygen atoms in total. The number of aromatic nitrogens is 1. The smallest absolute Gasteiger partial charge is 0.308 e. The third-order valence-electron chi connectivity index (χ3n) is 6.72. The van der Waals surface area contributed by atoms with E-state index in [9.17, 15) is 19.2 Å². The van der Waals surface area contributed by atoms with E-state index in [1.54, 1.807) is 60.7 Å². The van der Waals surface area contributed by atoms with Crippen molar-refractivity contribution in [3.8, 4) is 0 Å². The molecule has 0 saturated carbocycles. The summed E-state index contributed by atoms with van der Waals surface area (Å²) in [6, 6.07) is 22.5. The number of nitrogens with zero attached hydrogens (tertiary/aromatic N) is 2. The maximum atomic E-state index is 13.9. The number of nitrogens with one attached hydrogen (secondary N) is 1. The molecule has 3 aromatic carbocycles. The molecule has 2 aliphatic heterocycles. The number of hydrogen-bond donors (Lipinski definition) is 1. The van der Waals surface area contributed by atoms with E-state index in [4.69, 9.17) is 23.2 Å². The molecule has 2 aliphatic rings. The fourth-order valence-electron chi connectivity index (χ4n) is 4.99. The van der Waals surface area contributed by atoms with Gasteiger partial charge in [-0.25, -0.2) is 4.90 Å². The Kier molecular flexibility index (Phi) is 6.84. The summed E-state index contributed by atoms with van der Waals surface area (Å²) in [5, 5.41) is 3.56. The van der Waals surface area contributed by atoms with Crippen LogP contribution in [0.1, 0.15) is 16.4 Å². The highest BCUT2D eigenvalue weighted by Gasteiger charge is 2.56. The Hall–Kier alpha value is -3.37. The van der Waals surface area contributed by atoms with E-state index in [1.807, 2.05) is 18.2 Å². The lowest BCUT2D eigenvalue weighted by Crippen LogP contribution is -2.33. The molecule has 0 radical (unpaired) electrons. The molecule has 1 saturated heterocycles. The first kappa shape index (κ1) is 25.9. The molecule has 1 aromatic heterocycles. The average molecular weight is 597 g/mol. The number of benzene rings is 3. The van der Waals surface area contributed by atoms with Crippen LogP contribution in [0.15, 0.2) is 88.7 Å². The van der Waals surface area contributed by atoms with Crippen molar-refractivity contribution in [3.05, 3.63) is 109 Å². The highest BCUT2D eigenvalue weighted by atomic mass is 35.5. The number of fused-ring (bicyclic) bond motifs is 2. The van der Waals surface area contributed by atoms with E-state index in [0.29, 0.717) is 31.3 Å². The molecule has 1 fully saturated rings. The number of carbonyl (C=O) groups is 3. The van der Waals surface area contributed by atoms with Crippen LogP contribution in [-0.2, 0) is 20.9 Å². The van der Waals surface area contributed by atoms with E-state index >= 15 is 0 Å². The van der Waals surface area contributed by atoms with Crippen LogP contribution in [0.5, 0.6) is 0 Å². The Balaban J connectivity index is 1.42. The second kappa shape index (κ2) is 10.3. The van der Waals surface area contributed by atoms with Crippen molar-refractivity contribution >= 4 is 75.4 Å². The predicted octanol–water partition coefficient (Wildman–Crippen LogP) is 5.65. The minimum atomic E-state index is -0.779. The van der Waals surface area contributed by atoms with Gasteiger partial charge in [0, 0.05) is 26.5 Å². The van der Waals surface area contributed by atoms with E-state index in [1.165, 1.54) is 21.2 Å². The number of rotatable bonds is 5. The summed E-state index contributed by atoms with van der Waals surface area (Å²) in [4.78, 5) is 55.2. The van der Waals surface area contributed by atoms with Crippen molar-refractivity contribution in [2.45, 2.75) is 22.7 Å². The first-order valence-corrected chi connectivity index (χ1v) is 14.4. The highest BCUT2D eigenvalue weighted by Crippen LogP contribution is 2.54. The molecule has 4 aromatic rings. The van der Waals surface area contributed by atoms with Crippen LogP contribution in [0.25, 0.3) is 0 Å². The topological polar surface area (TPSA) is 88.5 Å². The summed E-state index contributed by atoms with van der Waals surface area (Å²) in [6.07, 6.45) is 0. The quantitative estimate of drug-likeness (QED) is 0.301. The van der Waals surface area contributed by atoms with Crippen LogP contribution >= 0.6 is 46.3 Å². The lowest BCUT2D eigenvalue weighted by Gasteiger charge is -2.30. The Bertz CT molecular complexity index is 1650. The number of anilines is 2. The van der Waals surface area contributed by atoms with Crippen molar-refractivity contribution < 1.29 is 14.4 Å². The Labute approximate surface area is 241 Å². The number of imide groups is 1. The second-order valence-electron chi connectivity index (χ2n) is 9.12. The lowest BCUT2D eigenvalue weighted by atomic mass is 9.83. The molecule has 0 aliphatic carbocycles. The van der Waals surface area contributed by atoms with Gasteiger partial charge in [0.15, 0.2) is 0 Å². The van der Waals surface area contributed by atoms with E-state index in [2.05, 4.69) is 5.32 Å². The van der Waals surface area contributed by atoms with Crippen LogP contribution in [-0.4, -0.2) is 27.5 Å². The first-order chi connectivity index (χ1) is 18.8. The maximum absolute atomic E-state index is 13.9. The van der Waals surface area contributed by atoms with Crippen LogP contribution < -0.4 is 15.1 Å². The highest BCUT2D eigenvalue weighted by molar-refractivity contribution is 8.00. The molecule has 3 atom stereocenters. The minimum Gasteiger partial charge on any atom is -0.325 e. The van der Waals surface area contributed by atoms with Gasteiger partial charge in [0.25, 0.3) is 0 Å². The first-order valence-electron chi connectivity index (χ1n) is 12.0. The molecule has 1 N–H and O–H groups in total. The van der Waals surface area contributed by atoms with Gasteiger partial charge in [0.05, 0.1) is 16.6 Å². The largest absolute Gasteiger partial charge is 0.325 e. The number of para-hydroxylation sites is 1. The van der Waals surface area contributed by atoms with Crippen molar-refractivity contribution in [3.63, 3.8) is 0 Å². The summed E-state index contributed by atoms with van der Waals surface area (Å²) in [6.45, 7) is -0.222. The molecule has 3 amide bonds. The van der Waals surface area contributed by atoms with E-state index in [-0.39, 0.29) is 29.1 Å². The number of halogens is 2. The monoisotopic (exact) mass is 595 g/mol. The van der Waals surface area contributed by atoms with Gasteiger partial charge in [-0.05, 0) is 54.1 Å². The van der Waals surface area contributed by atoms with Crippen LogP contribution in [0, 0.1) is 5.92 Å². The SMILES string of the molecule is O=C(Cn1c2c(sc1=O)[C@@H](c1ccc(Cl)cc1)[C@H]1C(=O)N(c3ccc(Cl)cc3)C(=O)[C@H]1S2)Nc1ccccc1. The van der Waals surface area contributed by atoms with Gasteiger partial charge in [-0.1, -0.05) is 76.6 Å². The molecule has 196 valence electrons. The molecule has 39 heavy (non-hydrogen) atoms. The van der Waals surface area contributed by atoms with Gasteiger partial charge in [-0.15, -0.1) is 0 Å². The molecule has 6 rings (SSSR count). The molecule has 0 unspecified atom stereocenters. The summed E-state index contributed by atoms with van der Waals surface area (Å²) < 4.78 is 1.39. The zero-order valence-corrected chi connectivity index (χ0v) is 23.2. The fraction of sp³-hybridized carbons (Fsp3) is 0.143. The molecule has 3 heterocycles. The Morgan fingerprint density at radius 3 is 2.15 bits per heavy atom. The van der Waals surface area contributed by atoms with Crippen LogP contribution in [0.3, 0.4) is 0 Å². The third kappa shape index (κ3) is 4.69. The van der Waals surface area contributed by atoms with Gasteiger partial charge in [-0.3, -0.25) is 23.7 Å². The molecular formula is C28H19Cl2N3O4S2. The number of hydrogen-bond acceptors (Lipinski definition) is 6. The number of thioether (sulfide) groups is 1. The number of thiazole rings is 1. The normalized spacial score (nSPS) is 20.1. The zero-order chi connectivity index (χ0) is 27.3. The molecule has 11 heteroatoms. The number of carbonyl (C=O) groups excluding carboxylic acids is 3. The molecule has 0 bridgehead atoms. The third-order valence-corrected chi connectivity index (χ3v) is 9.83. The molecular weight excluding hydrogens is 577 g/mol. The van der Waals surface area contributed by atoms with Gasteiger partial charge in [0.1, 0.15) is 11.8 Å². The summed E-state index contributed by atoms with van der Waals surface area (Å²) >= 11 is 14.3. The van der Waals surface area contributed by atoms with Crippen molar-refractivity contribution in [1.82, 2.24) is 4.57 Å². The average Bonchev–Trinajstić information content (AvgIpc) is 3.36. The van der Waals surface area contributed by atoms with Crippen molar-refractivity contribution in [1.29, 1.82) is 0 Å². The minimum absolute atomic E-state index is 0.222. The summed E-state index contributed by atoms with van der Waals surface area (Å²) in [7, 11) is 0. The lowest BCUT2D eigenvalue weighted by molar-refractivity contribution is -0.122. The molecule has 0 spiro atoms. The van der Waals surface area contributed by atoms with Crippen molar-refractivity contribution in [2.75, 3.05) is 10.2 Å². The van der Waals surface area contributed by atoms with Crippen LogP contribution in [0.4, 0.5) is 11.4 Å². The Morgan fingerprint density at radius 2 is 1.49 bits per heavy atom. The Morgan fingerprint density at radius 1 is 0.846 bits per heavy atom. The fourth-order valence-corrected chi connectivity index (χ4v) is 8.02. The summed E-state index contributed by atoms with van der Waals surface area (Å²) in [5.74, 6) is -2.39.